The van der Waals surface area contributed by atoms with Crippen LogP contribution in [0.2, 0.25) is 0 Å². The lowest BCUT2D eigenvalue weighted by atomic mass is 9.47. The number of anilines is 1. The van der Waals surface area contributed by atoms with Crippen molar-refractivity contribution in [3.8, 4) is 5.75 Å². The van der Waals surface area contributed by atoms with Gasteiger partial charge in [-0.25, -0.2) is 4.79 Å². The molecular weight excluding hydrogens is 725 g/mol. The van der Waals surface area contributed by atoms with E-state index in [1.54, 1.807) is 7.11 Å². The molecule has 302 valence electrons. The van der Waals surface area contributed by atoms with Gasteiger partial charge in [-0.05, 0) is 61.4 Å². The molecule has 2 N–H and O–H groups in total. The van der Waals surface area contributed by atoms with Crippen LogP contribution in [-0.4, -0.2) is 116 Å². The number of aromatic nitrogens is 1. The van der Waals surface area contributed by atoms with E-state index in [1.165, 1.54) is 26.7 Å². The first kappa shape index (κ1) is 37.9. The molecule has 1 spiro atoms. The number of para-hydroxylation sites is 1. The van der Waals surface area contributed by atoms with E-state index in [1.807, 2.05) is 37.1 Å². The number of ether oxygens (including phenoxy) is 4. The van der Waals surface area contributed by atoms with Gasteiger partial charge in [-0.2, -0.15) is 0 Å². The summed E-state index contributed by atoms with van der Waals surface area (Å²) < 4.78 is 23.9. The first-order valence-corrected chi connectivity index (χ1v) is 20.3. The number of methoxy groups -OCH3 is 3. The molecule has 2 bridgehead atoms. The second-order valence-corrected chi connectivity index (χ2v) is 17.2. The molecule has 2 fully saturated rings. The summed E-state index contributed by atoms with van der Waals surface area (Å²) in [4.78, 5) is 53.1. The van der Waals surface area contributed by atoms with Crippen LogP contribution in [0.4, 0.5) is 5.69 Å². The Morgan fingerprint density at radius 3 is 2.47 bits per heavy atom. The number of aliphatic hydroxyl groups is 1. The monoisotopic (exact) mass is 778 g/mol. The smallest absolute Gasteiger partial charge is 0.344 e. The highest BCUT2D eigenvalue weighted by Crippen LogP contribution is 2.68. The van der Waals surface area contributed by atoms with Crippen LogP contribution >= 0.6 is 0 Å². The maximum atomic E-state index is 15.2. The molecule has 9 rings (SSSR count). The zero-order valence-electron chi connectivity index (χ0n) is 34.0. The van der Waals surface area contributed by atoms with Crippen molar-refractivity contribution in [1.29, 1.82) is 0 Å². The van der Waals surface area contributed by atoms with Gasteiger partial charge in [0.15, 0.2) is 6.10 Å². The van der Waals surface area contributed by atoms with Gasteiger partial charge >= 0.3 is 17.9 Å². The highest BCUT2D eigenvalue weighted by atomic mass is 16.6. The van der Waals surface area contributed by atoms with Crippen LogP contribution in [0.15, 0.2) is 60.2 Å². The molecule has 57 heavy (non-hydrogen) atoms. The standard InChI is InChI=1S/C45H54N4O8/c1-8-27-19-28-22-44(40(51)55-6,36-30(25-48(23-27)24-28)29-13-10-11-14-33(29)46-36)32-20-31-34(21-35(32)54-5)47(4)38-43(31)16-18-49-17-12-15-42(9-2,37(43)49)39(57-26(3)50)45(38,53)41(52)56-7/h10-15,19-21,28,37-39,46,53H,8-9,16-18,22-25H2,1-7H3/t28?,37-,38-,39-,42-,43-,44+,45+/m1/s1. The van der Waals surface area contributed by atoms with Gasteiger partial charge in [0.05, 0.1) is 27.4 Å². The van der Waals surface area contributed by atoms with Crippen molar-refractivity contribution in [3.05, 3.63) is 82.6 Å². The number of fused-ring (bicyclic) bond motifs is 6. The molecule has 1 saturated carbocycles. The third-order valence-corrected chi connectivity index (χ3v) is 14.8. The van der Waals surface area contributed by atoms with E-state index in [0.29, 0.717) is 50.2 Å². The Balaban J connectivity index is 1.37. The molecule has 2 unspecified atom stereocenters. The van der Waals surface area contributed by atoms with Gasteiger partial charge in [-0.3, -0.25) is 19.4 Å². The van der Waals surface area contributed by atoms with Crippen LogP contribution in [0.1, 0.15) is 68.8 Å². The molecule has 0 amide bonds. The second kappa shape index (κ2) is 13.2. The largest absolute Gasteiger partial charge is 0.496 e. The van der Waals surface area contributed by atoms with Crippen LogP contribution in [0.3, 0.4) is 0 Å². The lowest BCUT2D eigenvalue weighted by Gasteiger charge is -2.63. The molecule has 12 nitrogen and oxygen atoms in total. The number of rotatable bonds is 7. The Morgan fingerprint density at radius 1 is 1.00 bits per heavy atom. The molecule has 3 aromatic rings. The highest BCUT2D eigenvalue weighted by molar-refractivity contribution is 5.95. The van der Waals surface area contributed by atoms with Crippen LogP contribution in [-0.2, 0) is 46.0 Å². The highest BCUT2D eigenvalue weighted by Gasteiger charge is 2.80. The van der Waals surface area contributed by atoms with E-state index < -0.39 is 45.9 Å². The molecule has 2 aromatic carbocycles. The topological polar surface area (TPSA) is 134 Å². The minimum absolute atomic E-state index is 0.0284. The van der Waals surface area contributed by atoms with Crippen molar-refractivity contribution >= 4 is 34.5 Å². The number of hydrogen-bond acceptors (Lipinski definition) is 11. The molecule has 1 saturated heterocycles. The molecule has 1 aliphatic carbocycles. The zero-order valence-corrected chi connectivity index (χ0v) is 34.0. The minimum Gasteiger partial charge on any atom is -0.496 e. The number of carbonyl (C=O) groups excluding carboxylic acids is 3. The molecular formula is C45H54N4O8. The average molecular weight is 779 g/mol. The summed E-state index contributed by atoms with van der Waals surface area (Å²) in [7, 11) is 6.22. The lowest BCUT2D eigenvalue weighted by molar-refractivity contribution is -0.228. The number of carbonyl (C=O) groups is 3. The molecule has 6 aliphatic rings. The maximum absolute atomic E-state index is 15.2. The SMILES string of the molecule is CCC1=CC2CN(C1)Cc1c([nH]c3ccccc13)[C@@](C(=O)OC)(c1cc3c(cc1OC)N(C)[C@H]1[C@@](O)(C(=O)OC)[C@H](OC(C)=O)[C@]4(CC)C=CCN5CC[C@]31[C@H]54)C2. The number of H-pyrrole nitrogens is 1. The summed E-state index contributed by atoms with van der Waals surface area (Å²) in [5.74, 6) is -1.31. The van der Waals surface area contributed by atoms with E-state index in [4.69, 9.17) is 18.9 Å². The fraction of sp³-hybridized carbons (Fsp3) is 0.533. The van der Waals surface area contributed by atoms with E-state index in [2.05, 4.69) is 58.1 Å². The van der Waals surface area contributed by atoms with Crippen molar-refractivity contribution in [1.82, 2.24) is 14.8 Å². The van der Waals surface area contributed by atoms with E-state index in [9.17, 15) is 14.7 Å². The number of benzene rings is 2. The Labute approximate surface area is 333 Å². The second-order valence-electron chi connectivity index (χ2n) is 17.2. The molecule has 5 aliphatic heterocycles. The number of nitrogens with zero attached hydrogens (tertiary/aromatic N) is 3. The summed E-state index contributed by atoms with van der Waals surface area (Å²) in [6.45, 7) is 9.19. The summed E-state index contributed by atoms with van der Waals surface area (Å²) in [5.41, 5.74) is 1.05. The average Bonchev–Trinajstić information content (AvgIpc) is 3.87. The normalized spacial score (nSPS) is 34.9. The molecule has 6 heterocycles. The maximum Gasteiger partial charge on any atom is 0.344 e. The van der Waals surface area contributed by atoms with Gasteiger partial charge in [0.1, 0.15) is 11.2 Å². The third-order valence-electron chi connectivity index (χ3n) is 14.8. The molecule has 9 atom stereocenters. The Hall–Kier alpha value is -4.65. The molecule has 1 aromatic heterocycles. The van der Waals surface area contributed by atoms with Crippen molar-refractivity contribution in [3.63, 3.8) is 0 Å². The number of likely N-dealkylation sites (N-methyl/N-ethyl adjacent to an activating group) is 1. The van der Waals surface area contributed by atoms with Gasteiger partial charge in [0, 0.05) is 90.9 Å². The Kier molecular flexibility index (Phi) is 8.77. The van der Waals surface area contributed by atoms with Gasteiger partial charge in [0.2, 0.25) is 5.60 Å². The van der Waals surface area contributed by atoms with Crippen molar-refractivity contribution in [2.45, 2.75) is 87.6 Å². The number of esters is 3. The van der Waals surface area contributed by atoms with Crippen LogP contribution in [0, 0.1) is 11.3 Å². The van der Waals surface area contributed by atoms with Crippen LogP contribution < -0.4 is 9.64 Å². The summed E-state index contributed by atoms with van der Waals surface area (Å²) >= 11 is 0. The van der Waals surface area contributed by atoms with Gasteiger partial charge in [-0.15, -0.1) is 0 Å². The quantitative estimate of drug-likeness (QED) is 0.196. The molecule has 0 radical (unpaired) electrons. The van der Waals surface area contributed by atoms with Gasteiger partial charge in [-0.1, -0.05) is 55.8 Å². The zero-order chi connectivity index (χ0) is 40.2. The first-order chi connectivity index (χ1) is 27.4. The fourth-order valence-electron chi connectivity index (χ4n) is 12.8. The third kappa shape index (κ3) is 4.80. The van der Waals surface area contributed by atoms with Crippen molar-refractivity contribution in [2.75, 3.05) is 59.5 Å². The van der Waals surface area contributed by atoms with Crippen LogP contribution in [0.5, 0.6) is 5.75 Å². The lowest BCUT2D eigenvalue weighted by Crippen LogP contribution is -2.81. The summed E-state index contributed by atoms with van der Waals surface area (Å²) in [6.07, 6.45) is 7.67. The number of nitrogens with one attached hydrogen (secondary N) is 1. The van der Waals surface area contributed by atoms with E-state index in [-0.39, 0.29) is 17.9 Å². The van der Waals surface area contributed by atoms with Crippen molar-refractivity contribution < 1.29 is 38.4 Å². The minimum atomic E-state index is -2.27. The van der Waals surface area contributed by atoms with E-state index in [0.717, 1.165) is 52.9 Å². The van der Waals surface area contributed by atoms with Gasteiger partial charge in [0.25, 0.3) is 0 Å². The fourth-order valence-corrected chi connectivity index (χ4v) is 12.8. The van der Waals surface area contributed by atoms with E-state index >= 15 is 4.79 Å². The first-order valence-electron chi connectivity index (χ1n) is 20.3. The number of hydrogen-bond donors (Lipinski definition) is 2. The van der Waals surface area contributed by atoms with Gasteiger partial charge < -0.3 is 33.9 Å². The Bertz CT molecular complexity index is 2250. The Morgan fingerprint density at radius 2 is 1.77 bits per heavy atom. The summed E-state index contributed by atoms with van der Waals surface area (Å²) in [5, 5.41) is 14.4. The number of aromatic amines is 1. The summed E-state index contributed by atoms with van der Waals surface area (Å²) in [6, 6.07) is 11.2. The van der Waals surface area contributed by atoms with Crippen LogP contribution in [0.25, 0.3) is 10.9 Å². The predicted octanol–water partition coefficient (Wildman–Crippen LogP) is 4.75. The molecule has 12 heteroatoms. The van der Waals surface area contributed by atoms with Crippen molar-refractivity contribution in [2.24, 2.45) is 11.3 Å². The predicted molar refractivity (Wildman–Crippen MR) is 214 cm³/mol.